The summed E-state index contributed by atoms with van der Waals surface area (Å²) in [6.45, 7) is 5.58. The molecule has 0 fully saturated rings. The van der Waals surface area contributed by atoms with Crippen LogP contribution < -0.4 is 16.0 Å². The fraction of sp³-hybridized carbons (Fsp3) is 0.688. The van der Waals surface area contributed by atoms with Gasteiger partial charge in [-0.25, -0.2) is 0 Å². The first-order chi connectivity index (χ1) is 12.6. The Morgan fingerprint density at radius 3 is 2.33 bits per heavy atom. The molecule has 10 nitrogen and oxygen atoms in total. The Morgan fingerprint density at radius 1 is 1.22 bits per heavy atom. The van der Waals surface area contributed by atoms with Gasteiger partial charge in [0.25, 0.3) is 0 Å². The fourth-order valence-corrected chi connectivity index (χ4v) is 3.49. The summed E-state index contributed by atoms with van der Waals surface area (Å²) in [5, 5.41) is 12.0. The average Bonchev–Trinajstić information content (AvgIpc) is 3.08. The van der Waals surface area contributed by atoms with Crippen LogP contribution in [0.3, 0.4) is 0 Å². The van der Waals surface area contributed by atoms with E-state index in [1.54, 1.807) is 25.4 Å². The Balaban J connectivity index is 2.93. The fourth-order valence-electron chi connectivity index (χ4n) is 2.64. The van der Waals surface area contributed by atoms with Crippen LogP contribution >= 0.6 is 7.60 Å². The largest absolute Gasteiger partial charge is 0.357 e. The maximum Gasteiger partial charge on any atom is 0.342 e. The van der Waals surface area contributed by atoms with Gasteiger partial charge >= 0.3 is 7.60 Å². The van der Waals surface area contributed by atoms with E-state index >= 15 is 0 Å². The van der Waals surface area contributed by atoms with E-state index in [2.05, 4.69) is 21.0 Å². The zero-order chi connectivity index (χ0) is 20.6. The van der Waals surface area contributed by atoms with E-state index in [0.29, 0.717) is 6.42 Å². The van der Waals surface area contributed by atoms with E-state index in [4.69, 9.17) is 0 Å². The summed E-state index contributed by atoms with van der Waals surface area (Å²) in [5.74, 6) is -1.90. The molecular formula is C16H30N5O5P. The van der Waals surface area contributed by atoms with Crippen molar-refractivity contribution >= 4 is 19.4 Å². The molecule has 154 valence electrons. The molecule has 11 heteroatoms. The molecule has 0 aliphatic carbocycles. The normalized spacial score (nSPS) is 15.2. The van der Waals surface area contributed by atoms with Crippen molar-refractivity contribution in [1.82, 2.24) is 25.7 Å². The second kappa shape index (κ2) is 10.6. The van der Waals surface area contributed by atoms with Gasteiger partial charge in [0.05, 0.1) is 12.6 Å². The highest BCUT2D eigenvalue weighted by molar-refractivity contribution is 7.52. The predicted octanol–water partition coefficient (Wildman–Crippen LogP) is 0.0320. The third kappa shape index (κ3) is 7.80. The SMILES string of the molecule is CC[C@H](N[C@@H](CC(C)C)C(=O)N[C@@H](Cn1cccn1)C(=O)NC)P(=O)(O)O. The second-order valence-corrected chi connectivity index (χ2v) is 8.57. The van der Waals surface area contributed by atoms with Crippen LogP contribution in [0.1, 0.15) is 33.6 Å². The molecule has 1 rings (SSSR count). The van der Waals surface area contributed by atoms with E-state index in [-0.39, 0.29) is 24.8 Å². The molecule has 0 radical (unpaired) electrons. The van der Waals surface area contributed by atoms with Crippen LogP contribution in [-0.4, -0.2) is 56.3 Å². The first kappa shape index (κ1) is 23.3. The molecule has 0 saturated carbocycles. The topological polar surface area (TPSA) is 146 Å². The zero-order valence-electron chi connectivity index (χ0n) is 16.1. The van der Waals surface area contributed by atoms with Crippen LogP contribution in [0, 0.1) is 5.92 Å². The Bertz CT molecular complexity index is 646. The van der Waals surface area contributed by atoms with Crippen molar-refractivity contribution in [1.29, 1.82) is 0 Å². The number of nitrogens with one attached hydrogen (secondary N) is 3. The van der Waals surface area contributed by atoms with Gasteiger partial charge in [-0.05, 0) is 24.8 Å². The van der Waals surface area contributed by atoms with Crippen molar-refractivity contribution in [2.75, 3.05) is 7.05 Å². The highest BCUT2D eigenvalue weighted by Crippen LogP contribution is 2.41. The van der Waals surface area contributed by atoms with E-state index in [1.807, 2.05) is 13.8 Å². The third-order valence-electron chi connectivity index (χ3n) is 4.02. The van der Waals surface area contributed by atoms with Gasteiger partial charge in [0.1, 0.15) is 11.8 Å². The van der Waals surface area contributed by atoms with E-state index < -0.39 is 31.4 Å². The molecular weight excluding hydrogens is 373 g/mol. The number of amides is 2. The summed E-state index contributed by atoms with van der Waals surface area (Å²) < 4.78 is 13.1. The van der Waals surface area contributed by atoms with Crippen molar-refractivity contribution in [3.8, 4) is 0 Å². The molecule has 27 heavy (non-hydrogen) atoms. The van der Waals surface area contributed by atoms with Gasteiger partial charge in [-0.3, -0.25) is 24.2 Å². The Kier molecular flexibility index (Phi) is 9.11. The molecule has 1 aromatic heterocycles. The van der Waals surface area contributed by atoms with Crippen LogP contribution in [0.5, 0.6) is 0 Å². The summed E-state index contributed by atoms with van der Waals surface area (Å²) in [6.07, 6.45) is 3.77. The quantitative estimate of drug-likeness (QED) is 0.328. The number of rotatable bonds is 11. The monoisotopic (exact) mass is 403 g/mol. The maximum atomic E-state index is 12.8. The number of hydrogen-bond acceptors (Lipinski definition) is 5. The van der Waals surface area contributed by atoms with Crippen LogP contribution in [0.15, 0.2) is 18.5 Å². The molecule has 2 amide bonds. The first-order valence-electron chi connectivity index (χ1n) is 8.89. The maximum absolute atomic E-state index is 12.8. The molecule has 0 bridgehead atoms. The standard InChI is InChI=1S/C16H30N5O5P/c1-5-14(27(24,25)26)19-12(9-11(2)3)16(23)20-13(15(22)17-4)10-21-8-6-7-18-21/h6-8,11-14,19H,5,9-10H2,1-4H3,(H,17,22)(H,20,23)(H2,24,25,26)/t12-,13-,14+/m0/s1. The minimum absolute atomic E-state index is 0.104. The minimum atomic E-state index is -4.40. The molecule has 3 atom stereocenters. The van der Waals surface area contributed by atoms with Crippen LogP contribution in [0.25, 0.3) is 0 Å². The molecule has 0 unspecified atom stereocenters. The van der Waals surface area contributed by atoms with Crippen molar-refractivity contribution in [2.24, 2.45) is 5.92 Å². The highest BCUT2D eigenvalue weighted by atomic mass is 31.2. The minimum Gasteiger partial charge on any atom is -0.357 e. The summed E-state index contributed by atoms with van der Waals surface area (Å²) >= 11 is 0. The van der Waals surface area contributed by atoms with Gasteiger partial charge in [-0.2, -0.15) is 5.10 Å². The van der Waals surface area contributed by atoms with Gasteiger partial charge in [-0.1, -0.05) is 20.8 Å². The van der Waals surface area contributed by atoms with Crippen LogP contribution in [-0.2, 0) is 20.7 Å². The van der Waals surface area contributed by atoms with Crippen LogP contribution in [0.2, 0.25) is 0 Å². The number of carbonyl (C=O) groups excluding carboxylic acids is 2. The lowest BCUT2D eigenvalue weighted by atomic mass is 10.0. The van der Waals surface area contributed by atoms with Gasteiger partial charge in [0.2, 0.25) is 11.8 Å². The summed E-state index contributed by atoms with van der Waals surface area (Å²) in [4.78, 5) is 43.8. The van der Waals surface area contributed by atoms with Crippen molar-refractivity contribution in [2.45, 2.75) is 58.0 Å². The lowest BCUT2D eigenvalue weighted by Crippen LogP contribution is -2.55. The smallest absolute Gasteiger partial charge is 0.342 e. The highest BCUT2D eigenvalue weighted by Gasteiger charge is 2.33. The summed E-state index contributed by atoms with van der Waals surface area (Å²) in [5.41, 5.74) is 0. The number of carbonyl (C=O) groups is 2. The predicted molar refractivity (Wildman–Crippen MR) is 101 cm³/mol. The van der Waals surface area contributed by atoms with E-state index in [0.717, 1.165) is 0 Å². The Hall–Kier alpha value is -1.74. The van der Waals surface area contributed by atoms with E-state index in [9.17, 15) is 23.9 Å². The third-order valence-corrected chi connectivity index (χ3v) is 5.34. The second-order valence-electron chi connectivity index (χ2n) is 6.77. The average molecular weight is 403 g/mol. The number of hydrogen-bond donors (Lipinski definition) is 5. The zero-order valence-corrected chi connectivity index (χ0v) is 17.0. The van der Waals surface area contributed by atoms with Crippen molar-refractivity contribution in [3.05, 3.63) is 18.5 Å². The molecule has 0 aliphatic rings. The molecule has 0 spiro atoms. The van der Waals surface area contributed by atoms with Crippen LogP contribution in [0.4, 0.5) is 0 Å². The van der Waals surface area contributed by atoms with Crippen molar-refractivity contribution < 1.29 is 23.9 Å². The summed E-state index contributed by atoms with van der Waals surface area (Å²) in [7, 11) is -2.94. The number of nitrogens with zero attached hydrogens (tertiary/aromatic N) is 2. The van der Waals surface area contributed by atoms with Gasteiger partial charge in [0.15, 0.2) is 0 Å². The molecule has 0 aliphatic heterocycles. The van der Waals surface area contributed by atoms with E-state index in [1.165, 1.54) is 11.7 Å². The lowest BCUT2D eigenvalue weighted by molar-refractivity contribution is -0.130. The van der Waals surface area contributed by atoms with Gasteiger partial charge < -0.3 is 20.4 Å². The Morgan fingerprint density at radius 2 is 1.89 bits per heavy atom. The first-order valence-corrected chi connectivity index (χ1v) is 10.6. The van der Waals surface area contributed by atoms with Crippen molar-refractivity contribution in [3.63, 3.8) is 0 Å². The molecule has 1 aromatic rings. The molecule has 0 aromatic carbocycles. The number of likely N-dealkylation sites (N-methyl/N-ethyl adjacent to an activating group) is 1. The molecule has 1 heterocycles. The molecule has 5 N–H and O–H groups in total. The van der Waals surface area contributed by atoms with Gasteiger partial charge in [0, 0.05) is 19.4 Å². The number of aromatic nitrogens is 2. The molecule has 0 saturated heterocycles. The Labute approximate surface area is 159 Å². The van der Waals surface area contributed by atoms with Gasteiger partial charge in [-0.15, -0.1) is 0 Å². The summed E-state index contributed by atoms with van der Waals surface area (Å²) in [6, 6.07) is -0.001000. The lowest BCUT2D eigenvalue weighted by Gasteiger charge is -2.27.